The summed E-state index contributed by atoms with van der Waals surface area (Å²) in [4.78, 5) is 32.3. The van der Waals surface area contributed by atoms with Gasteiger partial charge in [0.1, 0.15) is 21.3 Å². The quantitative estimate of drug-likeness (QED) is 0.720. The van der Waals surface area contributed by atoms with Gasteiger partial charge in [-0.15, -0.1) is 11.3 Å². The van der Waals surface area contributed by atoms with E-state index in [-0.39, 0.29) is 17.9 Å². The fourth-order valence-corrected chi connectivity index (χ4v) is 3.37. The van der Waals surface area contributed by atoms with Crippen LogP contribution in [-0.4, -0.2) is 27.7 Å². The topological polar surface area (TPSA) is 92.3 Å². The summed E-state index contributed by atoms with van der Waals surface area (Å²) in [6, 6.07) is 6.35. The molecular weight excluding hydrogens is 316 g/mol. The highest BCUT2D eigenvalue weighted by molar-refractivity contribution is 7.20. The molecule has 23 heavy (non-hydrogen) atoms. The van der Waals surface area contributed by atoms with Gasteiger partial charge in [-0.05, 0) is 43.7 Å². The number of esters is 1. The van der Waals surface area contributed by atoms with Crippen LogP contribution in [0.3, 0.4) is 0 Å². The second-order valence-corrected chi connectivity index (χ2v) is 5.92. The minimum atomic E-state index is -0.446. The van der Waals surface area contributed by atoms with Gasteiger partial charge in [-0.25, -0.2) is 9.78 Å². The van der Waals surface area contributed by atoms with E-state index in [9.17, 15) is 14.7 Å². The first-order valence-electron chi connectivity index (χ1n) is 7.01. The molecule has 0 aliphatic carbocycles. The highest BCUT2D eigenvalue weighted by Crippen LogP contribution is 2.29. The molecule has 3 aromatic rings. The smallest absolute Gasteiger partial charge is 0.348 e. The minimum Gasteiger partial charge on any atom is -0.508 e. The highest BCUT2D eigenvalue weighted by Gasteiger charge is 2.20. The average Bonchev–Trinajstić information content (AvgIpc) is 2.86. The third kappa shape index (κ3) is 2.70. The lowest BCUT2D eigenvalue weighted by molar-refractivity contribution is 0.0531. The number of rotatable bonds is 3. The molecule has 3 rings (SSSR count). The molecule has 7 heteroatoms. The summed E-state index contributed by atoms with van der Waals surface area (Å²) in [5.74, 6) is 0.0754. The lowest BCUT2D eigenvalue weighted by Gasteiger charge is -2.01. The molecule has 2 N–H and O–H groups in total. The Morgan fingerprint density at radius 2 is 2.04 bits per heavy atom. The third-order valence-corrected chi connectivity index (χ3v) is 4.57. The Balaban J connectivity index is 2.17. The van der Waals surface area contributed by atoms with E-state index in [1.54, 1.807) is 26.0 Å². The summed E-state index contributed by atoms with van der Waals surface area (Å²) in [5, 5.41) is 9.74. The summed E-state index contributed by atoms with van der Waals surface area (Å²) in [6.45, 7) is 3.71. The van der Waals surface area contributed by atoms with Crippen LogP contribution in [0.1, 0.15) is 22.2 Å². The molecule has 0 aliphatic heterocycles. The van der Waals surface area contributed by atoms with Gasteiger partial charge in [-0.3, -0.25) is 4.79 Å². The van der Waals surface area contributed by atoms with Crippen LogP contribution in [0.5, 0.6) is 5.75 Å². The van der Waals surface area contributed by atoms with Crippen molar-refractivity contribution in [1.29, 1.82) is 0 Å². The van der Waals surface area contributed by atoms with Crippen LogP contribution >= 0.6 is 11.3 Å². The molecule has 6 nitrogen and oxygen atoms in total. The van der Waals surface area contributed by atoms with Gasteiger partial charge in [-0.2, -0.15) is 0 Å². The molecule has 0 amide bonds. The number of aryl methyl sites for hydroxylation is 1. The largest absolute Gasteiger partial charge is 0.508 e. The fraction of sp³-hybridized carbons (Fsp3) is 0.188. The molecule has 0 bridgehead atoms. The molecule has 0 radical (unpaired) electrons. The maximum atomic E-state index is 12.4. The zero-order valence-electron chi connectivity index (χ0n) is 12.5. The number of carbonyl (C=O) groups is 1. The van der Waals surface area contributed by atoms with Crippen LogP contribution in [0.25, 0.3) is 21.6 Å². The first kappa shape index (κ1) is 15.2. The number of H-pyrrole nitrogens is 1. The van der Waals surface area contributed by atoms with Crippen LogP contribution < -0.4 is 5.56 Å². The number of phenolic OH excluding ortho intramolecular Hbond substituents is 1. The molecule has 0 spiro atoms. The van der Waals surface area contributed by atoms with Crippen molar-refractivity contribution in [2.75, 3.05) is 6.61 Å². The number of aromatic hydroxyl groups is 1. The summed E-state index contributed by atoms with van der Waals surface area (Å²) >= 11 is 1.14. The average molecular weight is 330 g/mol. The Morgan fingerprint density at radius 3 is 2.70 bits per heavy atom. The number of nitrogens with zero attached hydrogens (tertiary/aromatic N) is 1. The number of phenols is 1. The van der Waals surface area contributed by atoms with E-state index < -0.39 is 5.97 Å². The number of fused-ring (bicyclic) bond motifs is 1. The number of ether oxygens (including phenoxy) is 1. The Hall–Kier alpha value is -2.67. The van der Waals surface area contributed by atoms with Gasteiger partial charge in [0.25, 0.3) is 5.56 Å². The van der Waals surface area contributed by atoms with Gasteiger partial charge in [0.05, 0.1) is 12.0 Å². The van der Waals surface area contributed by atoms with Crippen molar-refractivity contribution in [3.8, 4) is 17.1 Å². The van der Waals surface area contributed by atoms with Crippen molar-refractivity contribution >= 4 is 27.5 Å². The summed E-state index contributed by atoms with van der Waals surface area (Å²) in [7, 11) is 0. The molecule has 0 aliphatic rings. The molecule has 0 fully saturated rings. The number of nitrogens with one attached hydrogen (secondary N) is 1. The van der Waals surface area contributed by atoms with E-state index >= 15 is 0 Å². The Kier molecular flexibility index (Phi) is 3.87. The molecule has 0 unspecified atom stereocenters. The normalized spacial score (nSPS) is 10.9. The molecule has 118 valence electrons. The van der Waals surface area contributed by atoms with Crippen molar-refractivity contribution in [3.05, 3.63) is 45.1 Å². The van der Waals surface area contributed by atoms with Gasteiger partial charge in [-0.1, -0.05) is 0 Å². The van der Waals surface area contributed by atoms with Crippen molar-refractivity contribution in [1.82, 2.24) is 9.97 Å². The van der Waals surface area contributed by atoms with Crippen molar-refractivity contribution in [3.63, 3.8) is 0 Å². The number of hydrogen-bond acceptors (Lipinski definition) is 6. The zero-order chi connectivity index (χ0) is 16.6. The van der Waals surface area contributed by atoms with Gasteiger partial charge in [0.2, 0.25) is 0 Å². The lowest BCUT2D eigenvalue weighted by atomic mass is 10.2. The van der Waals surface area contributed by atoms with E-state index in [2.05, 4.69) is 9.97 Å². The minimum absolute atomic E-state index is 0.133. The van der Waals surface area contributed by atoms with Crippen LogP contribution in [0.15, 0.2) is 29.1 Å². The lowest BCUT2D eigenvalue weighted by Crippen LogP contribution is -2.10. The summed E-state index contributed by atoms with van der Waals surface area (Å²) < 4.78 is 5.01. The molecule has 2 aromatic heterocycles. The maximum Gasteiger partial charge on any atom is 0.348 e. The molecule has 2 heterocycles. The van der Waals surface area contributed by atoms with Crippen LogP contribution in [0, 0.1) is 6.92 Å². The van der Waals surface area contributed by atoms with Gasteiger partial charge < -0.3 is 14.8 Å². The molecule has 1 aromatic carbocycles. The standard InChI is InChI=1S/C16H14N2O4S/c1-3-22-16(21)12-8(2)11-14(20)17-13(18-15(11)23-12)9-4-6-10(19)7-5-9/h4-7,19H,3H2,1-2H3,(H,17,18,20). The number of benzene rings is 1. The van der Waals surface area contributed by atoms with Crippen molar-refractivity contribution in [2.24, 2.45) is 0 Å². The Morgan fingerprint density at radius 1 is 1.35 bits per heavy atom. The molecular formula is C16H14N2O4S. The van der Waals surface area contributed by atoms with Gasteiger partial charge in [0.15, 0.2) is 0 Å². The van der Waals surface area contributed by atoms with Crippen molar-refractivity contribution in [2.45, 2.75) is 13.8 Å². The van der Waals surface area contributed by atoms with E-state index in [1.807, 2.05) is 0 Å². The second kappa shape index (κ2) is 5.85. The Bertz CT molecular complexity index is 941. The number of aromatic amines is 1. The second-order valence-electron chi connectivity index (χ2n) is 4.92. The van der Waals surface area contributed by atoms with Crippen LogP contribution in [0.2, 0.25) is 0 Å². The van der Waals surface area contributed by atoms with E-state index in [0.717, 1.165) is 11.3 Å². The fourth-order valence-electron chi connectivity index (χ4n) is 2.29. The first-order chi connectivity index (χ1) is 11.0. The van der Waals surface area contributed by atoms with E-state index in [0.29, 0.717) is 32.0 Å². The van der Waals surface area contributed by atoms with Gasteiger partial charge in [0, 0.05) is 5.56 Å². The van der Waals surface area contributed by atoms with Crippen LogP contribution in [-0.2, 0) is 4.74 Å². The Labute approximate surface area is 135 Å². The number of carbonyl (C=O) groups excluding carboxylic acids is 1. The number of aromatic nitrogens is 2. The maximum absolute atomic E-state index is 12.4. The van der Waals surface area contributed by atoms with Gasteiger partial charge >= 0.3 is 5.97 Å². The predicted molar refractivity (Wildman–Crippen MR) is 88.0 cm³/mol. The number of hydrogen-bond donors (Lipinski definition) is 2. The molecule has 0 saturated carbocycles. The van der Waals surface area contributed by atoms with Crippen LogP contribution in [0.4, 0.5) is 0 Å². The predicted octanol–water partition coefficient (Wildman–Crippen LogP) is 2.84. The highest BCUT2D eigenvalue weighted by atomic mass is 32.1. The summed E-state index contributed by atoms with van der Waals surface area (Å²) in [5.41, 5.74) is 0.947. The SMILES string of the molecule is CCOC(=O)c1sc2nc(-c3ccc(O)cc3)[nH]c(=O)c2c1C. The monoisotopic (exact) mass is 330 g/mol. The summed E-state index contributed by atoms with van der Waals surface area (Å²) in [6.07, 6.45) is 0. The third-order valence-electron chi connectivity index (χ3n) is 3.40. The first-order valence-corrected chi connectivity index (χ1v) is 7.83. The zero-order valence-corrected chi connectivity index (χ0v) is 13.4. The van der Waals surface area contributed by atoms with Crippen molar-refractivity contribution < 1.29 is 14.6 Å². The van der Waals surface area contributed by atoms with E-state index in [4.69, 9.17) is 4.74 Å². The number of thiophene rings is 1. The molecule has 0 saturated heterocycles. The molecule has 0 atom stereocenters. The van der Waals surface area contributed by atoms with E-state index in [1.165, 1.54) is 12.1 Å².